The van der Waals surface area contributed by atoms with Crippen molar-refractivity contribution in [2.45, 2.75) is 85.2 Å². The Hall–Kier alpha value is -3.56. The predicted molar refractivity (Wildman–Crippen MR) is 164 cm³/mol. The van der Waals surface area contributed by atoms with Crippen LogP contribution in [0.1, 0.15) is 94.1 Å². The van der Waals surface area contributed by atoms with Crippen LogP contribution in [0.4, 0.5) is 18.9 Å². The van der Waals surface area contributed by atoms with Crippen LogP contribution in [0, 0.1) is 23.2 Å². The van der Waals surface area contributed by atoms with Crippen molar-refractivity contribution in [1.82, 2.24) is 5.32 Å². The van der Waals surface area contributed by atoms with Crippen molar-refractivity contribution in [3.63, 3.8) is 0 Å². The summed E-state index contributed by atoms with van der Waals surface area (Å²) in [7, 11) is 0. The third kappa shape index (κ3) is 10.3. The highest BCUT2D eigenvalue weighted by Gasteiger charge is 2.37. The Morgan fingerprint density at radius 3 is 2.23 bits per heavy atom. The molecule has 3 N–H and O–H groups in total. The van der Waals surface area contributed by atoms with Gasteiger partial charge in [-0.15, -0.1) is 0 Å². The van der Waals surface area contributed by atoms with Crippen LogP contribution in [0.25, 0.3) is 0 Å². The number of hydrogen-bond acceptors (Lipinski definition) is 4. The van der Waals surface area contributed by atoms with E-state index in [2.05, 4.69) is 31.4 Å². The van der Waals surface area contributed by atoms with Crippen LogP contribution < -0.4 is 15.4 Å². The monoisotopic (exact) mass is 618 g/mol. The lowest BCUT2D eigenvalue weighted by atomic mass is 9.66. The highest BCUT2D eigenvalue weighted by Crippen LogP contribution is 2.43. The Morgan fingerprint density at radius 1 is 1.00 bits per heavy atom. The van der Waals surface area contributed by atoms with Gasteiger partial charge < -0.3 is 20.5 Å². The van der Waals surface area contributed by atoms with Gasteiger partial charge in [0.1, 0.15) is 5.75 Å². The molecule has 0 radical (unpaired) electrons. The number of carboxylic acid groups (broad SMARTS) is 1. The molecule has 0 heterocycles. The van der Waals surface area contributed by atoms with E-state index in [1.807, 2.05) is 6.92 Å². The molecule has 1 aliphatic carbocycles. The zero-order valence-corrected chi connectivity index (χ0v) is 26.1. The first-order chi connectivity index (χ1) is 20.7. The van der Waals surface area contributed by atoms with Gasteiger partial charge in [0.15, 0.2) is 0 Å². The van der Waals surface area contributed by atoms with Crippen LogP contribution in [0.2, 0.25) is 0 Å². The summed E-state index contributed by atoms with van der Waals surface area (Å²) >= 11 is 0. The van der Waals surface area contributed by atoms with Gasteiger partial charge in [-0.25, -0.2) is 0 Å². The number of halogens is 3. The van der Waals surface area contributed by atoms with Gasteiger partial charge in [0.25, 0.3) is 5.91 Å². The number of ether oxygens (including phenoxy) is 1. The summed E-state index contributed by atoms with van der Waals surface area (Å²) in [6.07, 6.45) is 0.561. The highest BCUT2D eigenvalue weighted by molar-refractivity contribution is 5.95. The normalized spacial score (nSPS) is 17.9. The maximum atomic E-state index is 13.9. The second-order valence-electron chi connectivity index (χ2n) is 12.8. The molecule has 1 fully saturated rings. The number of amides is 2. The quantitative estimate of drug-likeness (QED) is 0.199. The van der Waals surface area contributed by atoms with Crippen LogP contribution in [0.5, 0.6) is 5.75 Å². The van der Waals surface area contributed by atoms with Crippen molar-refractivity contribution in [3.8, 4) is 5.75 Å². The minimum absolute atomic E-state index is 0.0112. The predicted octanol–water partition coefficient (Wildman–Crippen LogP) is 7.74. The molecule has 10 heteroatoms. The fourth-order valence-corrected chi connectivity index (χ4v) is 5.81. The van der Waals surface area contributed by atoms with Gasteiger partial charge >= 0.3 is 12.1 Å². The highest BCUT2D eigenvalue weighted by atomic mass is 19.4. The summed E-state index contributed by atoms with van der Waals surface area (Å²) in [5.74, 6) is -1.91. The number of alkyl halides is 3. The first-order valence-corrected chi connectivity index (χ1v) is 15.4. The molecule has 0 bridgehead atoms. The van der Waals surface area contributed by atoms with E-state index >= 15 is 0 Å². The number of nitrogens with one attached hydrogen (secondary N) is 2. The van der Waals surface area contributed by atoms with E-state index in [1.54, 1.807) is 24.3 Å². The smallest absolute Gasteiger partial charge is 0.420 e. The number of carbonyl (C=O) groups is 3. The number of aliphatic carboxylic acids is 1. The largest absolute Gasteiger partial charge is 0.493 e. The van der Waals surface area contributed by atoms with Crippen molar-refractivity contribution in [3.05, 3.63) is 59.2 Å². The Morgan fingerprint density at radius 2 is 1.66 bits per heavy atom. The van der Waals surface area contributed by atoms with Gasteiger partial charge in [0.05, 0.1) is 18.6 Å². The lowest BCUT2D eigenvalue weighted by Gasteiger charge is -2.39. The van der Waals surface area contributed by atoms with E-state index in [9.17, 15) is 27.6 Å². The van der Waals surface area contributed by atoms with Crippen molar-refractivity contribution in [1.29, 1.82) is 0 Å². The zero-order chi connectivity index (χ0) is 32.5. The second kappa shape index (κ2) is 15.4. The van der Waals surface area contributed by atoms with Gasteiger partial charge in [-0.1, -0.05) is 46.2 Å². The average Bonchev–Trinajstić information content (AvgIpc) is 2.95. The molecule has 1 aliphatic rings. The number of carbonyl (C=O) groups excluding carboxylic acids is 2. The van der Waals surface area contributed by atoms with Crippen LogP contribution in [-0.2, 0) is 22.2 Å². The SMILES string of the molecule is CCCCOc1ccc(NC(=O)C(Cc2ccc(C(=O)NCCC(=O)O)cc2)C2CCC(C(C)(C)C)CC2)cc1C(F)(F)F. The van der Waals surface area contributed by atoms with E-state index in [4.69, 9.17) is 9.84 Å². The van der Waals surface area contributed by atoms with Crippen molar-refractivity contribution < 1.29 is 37.4 Å². The number of rotatable bonds is 13. The number of carboxylic acids is 1. The van der Waals surface area contributed by atoms with Crippen molar-refractivity contribution in [2.24, 2.45) is 23.2 Å². The van der Waals surface area contributed by atoms with Crippen LogP contribution >= 0.6 is 0 Å². The number of hydrogen-bond donors (Lipinski definition) is 3. The fourth-order valence-electron chi connectivity index (χ4n) is 5.81. The first kappa shape index (κ1) is 34.9. The molecular formula is C34H45F3N2O5. The maximum Gasteiger partial charge on any atom is 0.420 e. The molecule has 1 saturated carbocycles. The lowest BCUT2D eigenvalue weighted by molar-refractivity contribution is -0.139. The third-order valence-electron chi connectivity index (χ3n) is 8.51. The maximum absolute atomic E-state index is 13.9. The summed E-state index contributed by atoms with van der Waals surface area (Å²) in [6, 6.07) is 10.4. The second-order valence-corrected chi connectivity index (χ2v) is 12.8. The van der Waals surface area contributed by atoms with Crippen molar-refractivity contribution in [2.75, 3.05) is 18.5 Å². The summed E-state index contributed by atoms with van der Waals surface area (Å²) in [4.78, 5) is 36.8. The molecular weight excluding hydrogens is 573 g/mol. The Labute approximate surface area is 258 Å². The van der Waals surface area contributed by atoms with Crippen LogP contribution in [0.3, 0.4) is 0 Å². The molecule has 44 heavy (non-hydrogen) atoms. The van der Waals surface area contributed by atoms with Crippen LogP contribution in [0.15, 0.2) is 42.5 Å². The molecule has 0 aliphatic heterocycles. The van der Waals surface area contributed by atoms with E-state index in [0.717, 1.165) is 43.7 Å². The topological polar surface area (TPSA) is 105 Å². The van der Waals surface area contributed by atoms with E-state index in [0.29, 0.717) is 24.3 Å². The van der Waals surface area contributed by atoms with Gasteiger partial charge in [-0.3, -0.25) is 14.4 Å². The molecule has 242 valence electrons. The van der Waals surface area contributed by atoms with Gasteiger partial charge in [0, 0.05) is 23.7 Å². The molecule has 7 nitrogen and oxygen atoms in total. The standard InChI is InChI=1S/C34H45F3N2O5/c1-5-6-19-44-29-16-15-26(21-28(29)34(35,36)37)39-32(43)27(23-11-13-25(14-12-23)33(2,3)4)20-22-7-9-24(10-8-22)31(42)38-18-17-30(40)41/h7-10,15-16,21,23,25,27H,5-6,11-14,17-20H2,1-4H3,(H,38,42)(H,39,43)(H,40,41). The Bertz CT molecular complexity index is 1260. The minimum atomic E-state index is -4.64. The molecule has 3 rings (SSSR count). The first-order valence-electron chi connectivity index (χ1n) is 15.4. The van der Waals surface area contributed by atoms with E-state index in [-0.39, 0.29) is 48.2 Å². The molecule has 0 aromatic heterocycles. The summed E-state index contributed by atoms with van der Waals surface area (Å²) < 4.78 is 47.1. The molecule has 0 spiro atoms. The molecule has 0 saturated heterocycles. The molecule has 2 aromatic rings. The van der Waals surface area contributed by atoms with E-state index < -0.39 is 29.5 Å². The van der Waals surface area contributed by atoms with Crippen molar-refractivity contribution >= 4 is 23.5 Å². The van der Waals surface area contributed by atoms with Gasteiger partial charge in [0.2, 0.25) is 5.91 Å². The summed E-state index contributed by atoms with van der Waals surface area (Å²) in [6.45, 7) is 8.76. The summed E-state index contributed by atoms with van der Waals surface area (Å²) in [5, 5.41) is 14.1. The zero-order valence-electron chi connectivity index (χ0n) is 26.1. The molecule has 2 amide bonds. The van der Waals surface area contributed by atoms with Crippen LogP contribution in [-0.4, -0.2) is 36.0 Å². The molecule has 2 aromatic carbocycles. The third-order valence-corrected chi connectivity index (χ3v) is 8.51. The average molecular weight is 619 g/mol. The molecule has 1 unspecified atom stereocenters. The van der Waals surface area contributed by atoms with Gasteiger partial charge in [-0.2, -0.15) is 13.2 Å². The number of benzene rings is 2. The molecule has 1 atom stereocenters. The Balaban J connectivity index is 1.80. The lowest BCUT2D eigenvalue weighted by Crippen LogP contribution is -2.35. The number of unbranched alkanes of at least 4 members (excludes halogenated alkanes) is 1. The fraction of sp³-hybridized carbons (Fsp3) is 0.559. The minimum Gasteiger partial charge on any atom is -0.493 e. The van der Waals surface area contributed by atoms with E-state index in [1.165, 1.54) is 12.1 Å². The number of anilines is 1. The summed E-state index contributed by atoms with van der Waals surface area (Å²) in [5.41, 5.74) is 0.476. The Kier molecular flexibility index (Phi) is 12.3. The van der Waals surface area contributed by atoms with Gasteiger partial charge in [-0.05, 0) is 91.7 Å².